The highest BCUT2D eigenvalue weighted by Crippen LogP contribution is 2.22. The molecule has 1 aliphatic heterocycles. The van der Waals surface area contributed by atoms with E-state index in [1.807, 2.05) is 24.3 Å². The quantitative estimate of drug-likeness (QED) is 0.727. The minimum atomic E-state index is -0.275. The van der Waals surface area contributed by atoms with Gasteiger partial charge in [-0.15, -0.1) is 0 Å². The Balaban J connectivity index is 1.44. The topological polar surface area (TPSA) is 113 Å². The molecule has 2 aromatic rings. The van der Waals surface area contributed by atoms with Gasteiger partial charge in [0.15, 0.2) is 12.2 Å². The Morgan fingerprint density at radius 1 is 1.38 bits per heavy atom. The van der Waals surface area contributed by atoms with Crippen LogP contribution in [0.25, 0.3) is 11.3 Å². The molecule has 0 saturated carbocycles. The van der Waals surface area contributed by atoms with Gasteiger partial charge in [-0.3, -0.25) is 4.79 Å². The number of nitrogens with zero attached hydrogens (tertiary/aromatic N) is 2. The molecule has 1 saturated heterocycles. The number of urea groups is 1. The SMILES string of the molecule is NC(=O)[C@@H]1CCCN(CCNC(=O)Nc2cccc(-c3cnco3)c2)C1. The summed E-state index contributed by atoms with van der Waals surface area (Å²) in [5.41, 5.74) is 6.89. The summed E-state index contributed by atoms with van der Waals surface area (Å²) in [7, 11) is 0. The molecule has 0 spiro atoms. The molecule has 2 heterocycles. The molecule has 0 aliphatic carbocycles. The third-order valence-electron chi connectivity index (χ3n) is 4.46. The number of hydrogen-bond acceptors (Lipinski definition) is 5. The number of carbonyl (C=O) groups excluding carboxylic acids is 2. The second kappa shape index (κ2) is 8.48. The number of likely N-dealkylation sites (tertiary alicyclic amines) is 1. The van der Waals surface area contributed by atoms with Crippen molar-refractivity contribution in [1.29, 1.82) is 0 Å². The van der Waals surface area contributed by atoms with Gasteiger partial charge in [0.2, 0.25) is 5.91 Å². The zero-order valence-electron chi connectivity index (χ0n) is 14.5. The summed E-state index contributed by atoms with van der Waals surface area (Å²) in [6.07, 6.45) is 4.79. The maximum Gasteiger partial charge on any atom is 0.319 e. The molecule has 3 rings (SSSR count). The van der Waals surface area contributed by atoms with E-state index in [0.29, 0.717) is 31.1 Å². The number of aromatic nitrogens is 1. The van der Waals surface area contributed by atoms with E-state index < -0.39 is 0 Å². The van der Waals surface area contributed by atoms with Crippen molar-refractivity contribution < 1.29 is 14.0 Å². The van der Waals surface area contributed by atoms with Gasteiger partial charge in [-0.1, -0.05) is 12.1 Å². The van der Waals surface area contributed by atoms with Gasteiger partial charge in [0, 0.05) is 30.9 Å². The molecule has 4 N–H and O–H groups in total. The van der Waals surface area contributed by atoms with Crippen molar-refractivity contribution in [3.63, 3.8) is 0 Å². The van der Waals surface area contributed by atoms with E-state index in [4.69, 9.17) is 10.2 Å². The van der Waals surface area contributed by atoms with Gasteiger partial charge in [-0.2, -0.15) is 0 Å². The molecule has 26 heavy (non-hydrogen) atoms. The van der Waals surface area contributed by atoms with Crippen molar-refractivity contribution in [3.05, 3.63) is 36.9 Å². The number of amides is 3. The van der Waals surface area contributed by atoms with E-state index in [1.165, 1.54) is 6.39 Å². The number of nitrogens with two attached hydrogens (primary N) is 1. The zero-order chi connectivity index (χ0) is 18.4. The summed E-state index contributed by atoms with van der Waals surface area (Å²) in [5.74, 6) is 0.312. The summed E-state index contributed by atoms with van der Waals surface area (Å²) >= 11 is 0. The predicted molar refractivity (Wildman–Crippen MR) is 97.3 cm³/mol. The first kappa shape index (κ1) is 17.9. The van der Waals surface area contributed by atoms with Crippen LogP contribution in [0.2, 0.25) is 0 Å². The van der Waals surface area contributed by atoms with Crippen LogP contribution in [-0.4, -0.2) is 48.0 Å². The highest BCUT2D eigenvalue weighted by molar-refractivity contribution is 5.89. The molecule has 0 unspecified atom stereocenters. The van der Waals surface area contributed by atoms with Crippen LogP contribution in [0, 0.1) is 5.92 Å². The number of carbonyl (C=O) groups is 2. The molecular weight excluding hydrogens is 334 g/mol. The molecule has 1 fully saturated rings. The van der Waals surface area contributed by atoms with Crippen LogP contribution in [0.3, 0.4) is 0 Å². The molecule has 3 amide bonds. The standard InChI is InChI=1S/C18H23N5O3/c19-17(24)14-4-2-7-23(11-14)8-6-21-18(25)22-15-5-1-3-13(9-15)16-10-20-12-26-16/h1,3,5,9-10,12,14H,2,4,6-8,11H2,(H2,19,24)(H2,21,22,25)/t14-/m1/s1. The van der Waals surface area contributed by atoms with Crippen LogP contribution in [-0.2, 0) is 4.79 Å². The number of nitrogens with one attached hydrogen (secondary N) is 2. The number of rotatable bonds is 6. The van der Waals surface area contributed by atoms with Crippen LogP contribution < -0.4 is 16.4 Å². The average Bonchev–Trinajstić information content (AvgIpc) is 3.17. The fourth-order valence-corrected chi connectivity index (χ4v) is 3.10. The fraction of sp³-hybridized carbons (Fsp3) is 0.389. The normalized spacial score (nSPS) is 17.6. The fourth-order valence-electron chi connectivity index (χ4n) is 3.10. The van der Waals surface area contributed by atoms with E-state index in [1.54, 1.807) is 6.20 Å². The van der Waals surface area contributed by atoms with Gasteiger partial charge in [0.05, 0.1) is 12.1 Å². The van der Waals surface area contributed by atoms with Gasteiger partial charge >= 0.3 is 6.03 Å². The Morgan fingerprint density at radius 2 is 2.27 bits per heavy atom. The highest BCUT2D eigenvalue weighted by Gasteiger charge is 2.23. The van der Waals surface area contributed by atoms with E-state index in [-0.39, 0.29) is 17.9 Å². The van der Waals surface area contributed by atoms with Gasteiger partial charge in [-0.25, -0.2) is 9.78 Å². The van der Waals surface area contributed by atoms with Gasteiger partial charge in [-0.05, 0) is 31.5 Å². The molecule has 1 aromatic carbocycles. The second-order valence-electron chi connectivity index (χ2n) is 6.37. The summed E-state index contributed by atoms with van der Waals surface area (Å²) in [6, 6.07) is 7.08. The Kier molecular flexibility index (Phi) is 5.85. The van der Waals surface area contributed by atoms with Crippen molar-refractivity contribution in [2.75, 3.05) is 31.5 Å². The third-order valence-corrected chi connectivity index (χ3v) is 4.46. The van der Waals surface area contributed by atoms with Crippen LogP contribution in [0.5, 0.6) is 0 Å². The first-order chi connectivity index (χ1) is 12.6. The number of oxazole rings is 1. The van der Waals surface area contributed by atoms with Crippen molar-refractivity contribution in [2.24, 2.45) is 11.7 Å². The molecule has 1 atom stereocenters. The maximum absolute atomic E-state index is 12.1. The van der Waals surface area contributed by atoms with Crippen molar-refractivity contribution >= 4 is 17.6 Å². The lowest BCUT2D eigenvalue weighted by molar-refractivity contribution is -0.123. The average molecular weight is 357 g/mol. The van der Waals surface area contributed by atoms with E-state index in [2.05, 4.69) is 20.5 Å². The summed E-state index contributed by atoms with van der Waals surface area (Å²) in [6.45, 7) is 2.78. The molecule has 8 heteroatoms. The minimum Gasteiger partial charge on any atom is -0.444 e. The Bertz CT molecular complexity index is 747. The minimum absolute atomic E-state index is 0.0867. The van der Waals surface area contributed by atoms with E-state index in [0.717, 1.165) is 24.9 Å². The number of benzene rings is 1. The van der Waals surface area contributed by atoms with E-state index in [9.17, 15) is 9.59 Å². The largest absolute Gasteiger partial charge is 0.444 e. The van der Waals surface area contributed by atoms with Gasteiger partial charge in [0.25, 0.3) is 0 Å². The first-order valence-electron chi connectivity index (χ1n) is 8.67. The Hall–Kier alpha value is -2.87. The van der Waals surface area contributed by atoms with Crippen molar-refractivity contribution in [2.45, 2.75) is 12.8 Å². The predicted octanol–water partition coefficient (Wildman–Crippen LogP) is 1.66. The van der Waals surface area contributed by atoms with Crippen LogP contribution in [0.1, 0.15) is 12.8 Å². The summed E-state index contributed by atoms with van der Waals surface area (Å²) in [4.78, 5) is 29.4. The summed E-state index contributed by atoms with van der Waals surface area (Å²) in [5, 5.41) is 5.64. The number of anilines is 1. The molecular formula is C18H23N5O3. The van der Waals surface area contributed by atoms with Gasteiger partial charge < -0.3 is 25.7 Å². The lowest BCUT2D eigenvalue weighted by Crippen LogP contribution is -2.44. The second-order valence-corrected chi connectivity index (χ2v) is 6.37. The Morgan fingerprint density at radius 3 is 3.04 bits per heavy atom. The monoisotopic (exact) mass is 357 g/mol. The van der Waals surface area contributed by atoms with Crippen molar-refractivity contribution in [1.82, 2.24) is 15.2 Å². The van der Waals surface area contributed by atoms with Crippen LogP contribution in [0.15, 0.2) is 41.3 Å². The third kappa shape index (κ3) is 4.82. The lowest BCUT2D eigenvalue weighted by Gasteiger charge is -2.31. The van der Waals surface area contributed by atoms with Crippen LogP contribution in [0.4, 0.5) is 10.5 Å². The molecule has 0 radical (unpaired) electrons. The Labute approximate surface area is 151 Å². The number of piperidine rings is 1. The van der Waals surface area contributed by atoms with E-state index >= 15 is 0 Å². The molecule has 1 aliphatic rings. The number of primary amides is 1. The molecule has 8 nitrogen and oxygen atoms in total. The summed E-state index contributed by atoms with van der Waals surface area (Å²) < 4.78 is 5.26. The van der Waals surface area contributed by atoms with Crippen LogP contribution >= 0.6 is 0 Å². The smallest absolute Gasteiger partial charge is 0.319 e. The highest BCUT2D eigenvalue weighted by atomic mass is 16.3. The zero-order valence-corrected chi connectivity index (χ0v) is 14.5. The van der Waals surface area contributed by atoms with Crippen molar-refractivity contribution in [3.8, 4) is 11.3 Å². The lowest BCUT2D eigenvalue weighted by atomic mass is 9.97. The number of hydrogen-bond donors (Lipinski definition) is 3. The maximum atomic E-state index is 12.1. The molecule has 138 valence electrons. The van der Waals surface area contributed by atoms with Gasteiger partial charge in [0.1, 0.15) is 0 Å². The molecule has 1 aromatic heterocycles. The first-order valence-corrected chi connectivity index (χ1v) is 8.67. The molecule has 0 bridgehead atoms.